The number of ketones is 1. The summed E-state index contributed by atoms with van der Waals surface area (Å²) in [6.45, 7) is 6.70. The lowest BCUT2D eigenvalue weighted by molar-refractivity contribution is -0.141. The second kappa shape index (κ2) is 13.8. The first-order valence-electron chi connectivity index (χ1n) is 18.9. The van der Waals surface area contributed by atoms with Crippen molar-refractivity contribution < 1.29 is 32.3 Å². The smallest absolute Gasteiger partial charge is 0.355 e. The van der Waals surface area contributed by atoms with Crippen LogP contribution in [0.5, 0.6) is 0 Å². The standard InChI is InChI=1S/C40H42F3N9O4/c1-21-10-11-30(40(41,42)43)46-36(21)47-38(56)29-15-39-16-31(39)52(29)33(54)19-51-35-25(9-7-5-6-8-22(2)37(55)45-20-39)13-26(14-28(35)34(49-51)24(4)53)27-17-44-32-12-23(3)48-50(32)18-27/h10-14,17-18,22,29,31H,5-9,15-16,19-20H2,1-4H3,(H,45,55)(H,46,47,56)/t22-,29+,31-,39+/m1/s1. The van der Waals surface area contributed by atoms with Crippen LogP contribution in [0.2, 0.25) is 0 Å². The Hall–Kier alpha value is -5.67. The van der Waals surface area contributed by atoms with Crippen molar-refractivity contribution in [3.63, 3.8) is 0 Å². The summed E-state index contributed by atoms with van der Waals surface area (Å²) in [5.74, 6) is -2.00. The van der Waals surface area contributed by atoms with E-state index in [9.17, 15) is 32.3 Å². The van der Waals surface area contributed by atoms with Crippen LogP contribution in [0.25, 0.3) is 27.7 Å². The Morgan fingerprint density at radius 1 is 1.02 bits per heavy atom. The van der Waals surface area contributed by atoms with Gasteiger partial charge in [-0.05, 0) is 80.8 Å². The number of amides is 3. The van der Waals surface area contributed by atoms with Gasteiger partial charge in [0.15, 0.2) is 11.4 Å². The summed E-state index contributed by atoms with van der Waals surface area (Å²) in [7, 11) is 0. The molecule has 2 bridgehead atoms. The van der Waals surface area contributed by atoms with Gasteiger partial charge in [0, 0.05) is 60.3 Å². The molecule has 2 fully saturated rings. The molecule has 8 rings (SSSR count). The normalized spacial score (nSPS) is 23.2. The average molecular weight is 770 g/mol. The Morgan fingerprint density at radius 2 is 1.82 bits per heavy atom. The predicted molar refractivity (Wildman–Crippen MR) is 199 cm³/mol. The first-order valence-corrected chi connectivity index (χ1v) is 18.9. The molecule has 2 N–H and O–H groups in total. The van der Waals surface area contributed by atoms with E-state index in [1.807, 2.05) is 38.2 Å². The van der Waals surface area contributed by atoms with Gasteiger partial charge in [0.25, 0.3) is 0 Å². The third kappa shape index (κ3) is 6.78. The largest absolute Gasteiger partial charge is 0.433 e. The van der Waals surface area contributed by atoms with E-state index >= 15 is 0 Å². The van der Waals surface area contributed by atoms with E-state index in [4.69, 9.17) is 5.10 Å². The Bertz CT molecular complexity index is 2440. The lowest BCUT2D eigenvalue weighted by atomic mass is 9.95. The number of piperidine rings is 1. The second-order valence-corrected chi connectivity index (χ2v) is 15.7. The zero-order chi connectivity index (χ0) is 39.7. The molecule has 292 valence electrons. The summed E-state index contributed by atoms with van der Waals surface area (Å²) in [6.07, 6.45) is 3.38. The average Bonchev–Trinajstić information content (AvgIpc) is 3.38. The summed E-state index contributed by atoms with van der Waals surface area (Å²) in [6, 6.07) is 6.41. The van der Waals surface area contributed by atoms with E-state index in [2.05, 4.69) is 25.7 Å². The minimum absolute atomic E-state index is 0.104. The molecule has 5 aromatic rings. The van der Waals surface area contributed by atoms with Gasteiger partial charge in [-0.2, -0.15) is 23.4 Å². The van der Waals surface area contributed by atoms with E-state index < -0.39 is 41.2 Å². The van der Waals surface area contributed by atoms with Crippen LogP contribution >= 0.6 is 0 Å². The second-order valence-electron chi connectivity index (χ2n) is 15.7. The number of nitrogens with zero attached hydrogens (tertiary/aromatic N) is 7. The molecule has 16 heteroatoms. The number of aromatic nitrogens is 6. The number of fused-ring (bicyclic) bond motifs is 1. The number of Topliss-reactive ketones (excluding diaryl/α,β-unsaturated/α-hetero) is 1. The number of carbonyl (C=O) groups excluding carboxylic acids is 4. The highest BCUT2D eigenvalue weighted by atomic mass is 19.4. The van der Waals surface area contributed by atoms with E-state index in [0.29, 0.717) is 41.4 Å². The van der Waals surface area contributed by atoms with Crippen LogP contribution in [0, 0.1) is 25.2 Å². The number of alkyl halides is 3. The van der Waals surface area contributed by atoms with Gasteiger partial charge in [-0.3, -0.25) is 23.9 Å². The minimum atomic E-state index is -4.72. The molecule has 3 amide bonds. The van der Waals surface area contributed by atoms with Gasteiger partial charge in [0.05, 0.1) is 11.2 Å². The molecule has 1 saturated carbocycles. The molecule has 4 aromatic heterocycles. The number of nitrogens with one attached hydrogen (secondary N) is 2. The Labute approximate surface area is 320 Å². The van der Waals surface area contributed by atoms with Gasteiger partial charge in [0.1, 0.15) is 29.8 Å². The number of benzene rings is 1. The van der Waals surface area contributed by atoms with Gasteiger partial charge < -0.3 is 15.5 Å². The summed E-state index contributed by atoms with van der Waals surface area (Å²) in [5.41, 5.74) is 3.40. The summed E-state index contributed by atoms with van der Waals surface area (Å²) in [4.78, 5) is 64.7. The molecule has 0 spiro atoms. The number of halogens is 3. The van der Waals surface area contributed by atoms with Crippen LogP contribution in [0.15, 0.2) is 42.7 Å². The van der Waals surface area contributed by atoms with Crippen molar-refractivity contribution in [3.8, 4) is 11.1 Å². The molecule has 1 saturated heterocycles. The van der Waals surface area contributed by atoms with E-state index in [-0.39, 0.29) is 48.6 Å². The van der Waals surface area contributed by atoms with E-state index in [1.54, 1.807) is 15.4 Å². The molecule has 13 nitrogen and oxygen atoms in total. The number of anilines is 1. The maximum absolute atomic E-state index is 14.6. The SMILES string of the molecule is CC(=O)c1nn2c3c(cc(-c4cnc5cc(C)nn5c4)cc13)CCCCC[C@@H](C)C(=O)NC[C@@]13C[C@@H](C(=O)Nc4nc(C(F)(F)F)ccc4C)N(C(=O)C2)[C@@H]1C3. The molecule has 56 heavy (non-hydrogen) atoms. The van der Waals surface area contributed by atoms with Crippen LogP contribution in [-0.2, 0) is 33.5 Å². The fourth-order valence-electron chi connectivity index (χ4n) is 8.48. The highest BCUT2D eigenvalue weighted by molar-refractivity contribution is 6.07. The van der Waals surface area contributed by atoms with Crippen LogP contribution < -0.4 is 10.6 Å². The monoisotopic (exact) mass is 769 g/mol. The molecule has 3 aliphatic rings. The van der Waals surface area contributed by atoms with Crippen LogP contribution in [0.4, 0.5) is 19.0 Å². The van der Waals surface area contributed by atoms with Gasteiger partial charge in [-0.1, -0.05) is 25.8 Å². The first kappa shape index (κ1) is 37.3. The summed E-state index contributed by atoms with van der Waals surface area (Å²) in [5, 5.41) is 15.4. The maximum atomic E-state index is 14.6. The number of carbonyl (C=O) groups is 4. The number of hydrogen-bond donors (Lipinski definition) is 2. The van der Waals surface area contributed by atoms with Crippen molar-refractivity contribution in [2.75, 3.05) is 11.9 Å². The highest BCUT2D eigenvalue weighted by Gasteiger charge is 2.67. The number of aryl methyl sites for hydroxylation is 3. The lowest BCUT2D eigenvalue weighted by Crippen LogP contribution is -2.47. The maximum Gasteiger partial charge on any atom is 0.433 e. The highest BCUT2D eigenvalue weighted by Crippen LogP contribution is 2.59. The molecule has 1 aliphatic carbocycles. The van der Waals surface area contributed by atoms with Crippen molar-refractivity contribution in [2.45, 2.75) is 97.4 Å². The quantitative estimate of drug-likeness (QED) is 0.216. The molecule has 6 heterocycles. The number of pyridine rings is 1. The predicted octanol–water partition coefficient (Wildman–Crippen LogP) is 5.85. The van der Waals surface area contributed by atoms with Gasteiger partial charge in [-0.25, -0.2) is 14.5 Å². The zero-order valence-corrected chi connectivity index (χ0v) is 31.5. The Balaban J connectivity index is 1.19. The van der Waals surface area contributed by atoms with Crippen molar-refractivity contribution in [2.24, 2.45) is 11.3 Å². The van der Waals surface area contributed by atoms with Gasteiger partial charge in [-0.15, -0.1) is 0 Å². The minimum Gasteiger partial charge on any atom is -0.355 e. The van der Waals surface area contributed by atoms with Crippen LogP contribution in [0.1, 0.15) is 85.4 Å². The van der Waals surface area contributed by atoms with Crippen molar-refractivity contribution >= 4 is 45.9 Å². The Kier molecular flexibility index (Phi) is 9.19. The molecule has 0 radical (unpaired) electrons. The topological polar surface area (TPSA) is 156 Å². The van der Waals surface area contributed by atoms with Crippen LogP contribution in [0.3, 0.4) is 0 Å². The van der Waals surface area contributed by atoms with Crippen molar-refractivity contribution in [1.82, 2.24) is 39.6 Å². The van der Waals surface area contributed by atoms with E-state index in [1.165, 1.54) is 24.8 Å². The zero-order valence-electron chi connectivity index (χ0n) is 31.5. The third-order valence-electron chi connectivity index (χ3n) is 11.6. The fraction of sp³-hybridized carbons (Fsp3) is 0.450. The molecule has 1 aromatic carbocycles. The summed E-state index contributed by atoms with van der Waals surface area (Å²) >= 11 is 0. The third-order valence-corrected chi connectivity index (χ3v) is 11.6. The van der Waals surface area contributed by atoms with Gasteiger partial charge in [0.2, 0.25) is 17.7 Å². The van der Waals surface area contributed by atoms with Crippen molar-refractivity contribution in [3.05, 3.63) is 70.9 Å². The lowest BCUT2D eigenvalue weighted by Gasteiger charge is -2.27. The summed E-state index contributed by atoms with van der Waals surface area (Å²) < 4.78 is 43.9. The Morgan fingerprint density at radius 3 is 2.59 bits per heavy atom. The first-order chi connectivity index (χ1) is 26.6. The molecule has 0 unspecified atom stereocenters. The van der Waals surface area contributed by atoms with Crippen LogP contribution in [-0.4, -0.2) is 76.4 Å². The van der Waals surface area contributed by atoms with Gasteiger partial charge >= 0.3 is 6.18 Å². The molecular formula is C40H42F3N9O4. The number of hydrogen-bond acceptors (Lipinski definition) is 8. The fourth-order valence-corrected chi connectivity index (χ4v) is 8.48. The number of rotatable bonds is 4. The molecular weight excluding hydrogens is 727 g/mol. The molecule has 4 atom stereocenters. The molecule has 2 aliphatic heterocycles. The van der Waals surface area contributed by atoms with Crippen molar-refractivity contribution in [1.29, 1.82) is 0 Å². The van der Waals surface area contributed by atoms with E-state index in [0.717, 1.165) is 47.7 Å².